The molecule has 5 rings (SSSR count). The van der Waals surface area contributed by atoms with E-state index in [1.54, 1.807) is 12.1 Å². The molecule has 2 aliphatic heterocycles. The lowest BCUT2D eigenvalue weighted by molar-refractivity contribution is 0.0651. The molecule has 162 valence electrons. The van der Waals surface area contributed by atoms with Crippen LogP contribution < -0.4 is 4.90 Å². The van der Waals surface area contributed by atoms with Gasteiger partial charge in [-0.2, -0.15) is 0 Å². The number of para-hydroxylation sites is 1. The number of unbranched alkanes of at least 4 members (excludes halogenated alkanes) is 3. The van der Waals surface area contributed by atoms with E-state index < -0.39 is 0 Å². The van der Waals surface area contributed by atoms with E-state index >= 15 is 0 Å². The molecular weight excluding hydrogens is 396 g/mol. The summed E-state index contributed by atoms with van der Waals surface area (Å²) < 4.78 is 0. The number of hydrogen-bond donors (Lipinski definition) is 0. The SMILES string of the molecule is O=C1c2ccccc2C(=O)N1CCCCCCN1c2ccccc2CC1c1ccccc1. The number of hydrogen-bond acceptors (Lipinski definition) is 3. The Morgan fingerprint density at radius 2 is 1.25 bits per heavy atom. The van der Waals surface area contributed by atoms with Crippen molar-refractivity contribution in [2.45, 2.75) is 38.1 Å². The topological polar surface area (TPSA) is 40.6 Å². The molecule has 3 aromatic carbocycles. The van der Waals surface area contributed by atoms with Gasteiger partial charge in [-0.1, -0.05) is 73.5 Å². The lowest BCUT2D eigenvalue weighted by Crippen LogP contribution is -2.30. The van der Waals surface area contributed by atoms with Crippen LogP contribution in [-0.4, -0.2) is 29.8 Å². The van der Waals surface area contributed by atoms with Gasteiger partial charge in [0.2, 0.25) is 0 Å². The Bertz CT molecular complexity index is 1090. The van der Waals surface area contributed by atoms with Crippen LogP contribution in [0.1, 0.15) is 63.6 Å². The highest BCUT2D eigenvalue weighted by atomic mass is 16.2. The van der Waals surface area contributed by atoms with Crippen molar-refractivity contribution in [1.29, 1.82) is 0 Å². The fraction of sp³-hybridized carbons (Fsp3) is 0.286. The first-order chi connectivity index (χ1) is 15.7. The van der Waals surface area contributed by atoms with E-state index in [4.69, 9.17) is 0 Å². The minimum Gasteiger partial charge on any atom is -0.364 e. The van der Waals surface area contributed by atoms with Crippen LogP contribution >= 0.6 is 0 Å². The number of rotatable bonds is 8. The molecular formula is C28H28N2O2. The third-order valence-electron chi connectivity index (χ3n) is 6.68. The molecule has 4 heteroatoms. The van der Waals surface area contributed by atoms with Crippen molar-refractivity contribution in [3.05, 3.63) is 101 Å². The summed E-state index contributed by atoms with van der Waals surface area (Å²) in [6.45, 7) is 1.52. The summed E-state index contributed by atoms with van der Waals surface area (Å²) in [5.74, 6) is -0.296. The average Bonchev–Trinajstić information content (AvgIpc) is 3.32. The lowest BCUT2D eigenvalue weighted by Gasteiger charge is -2.28. The first-order valence-corrected chi connectivity index (χ1v) is 11.6. The second kappa shape index (κ2) is 8.99. The normalized spacial score (nSPS) is 17.1. The van der Waals surface area contributed by atoms with Gasteiger partial charge in [0, 0.05) is 18.8 Å². The van der Waals surface area contributed by atoms with Crippen molar-refractivity contribution >= 4 is 17.5 Å². The number of anilines is 1. The van der Waals surface area contributed by atoms with Crippen molar-refractivity contribution in [3.8, 4) is 0 Å². The number of imide groups is 1. The molecule has 1 atom stereocenters. The highest BCUT2D eigenvalue weighted by molar-refractivity contribution is 6.21. The number of carbonyl (C=O) groups is 2. The van der Waals surface area contributed by atoms with E-state index in [1.165, 1.54) is 21.7 Å². The largest absolute Gasteiger partial charge is 0.364 e. The standard InChI is InChI=1S/C28H28N2O2/c31-27-23-15-7-8-16-24(23)28(32)30(27)19-11-2-1-10-18-29-25-17-9-6-14-22(25)20-26(29)21-12-4-3-5-13-21/h3-9,12-17,26H,1-2,10-11,18-20H2. The predicted molar refractivity (Wildman–Crippen MR) is 127 cm³/mol. The molecule has 2 amide bonds. The Hall–Kier alpha value is -3.40. The minimum atomic E-state index is -0.148. The van der Waals surface area contributed by atoms with Gasteiger partial charge in [0.15, 0.2) is 0 Å². The first kappa shape index (κ1) is 20.5. The van der Waals surface area contributed by atoms with Crippen LogP contribution in [0.4, 0.5) is 5.69 Å². The van der Waals surface area contributed by atoms with Gasteiger partial charge in [-0.05, 0) is 48.6 Å². The molecule has 0 radical (unpaired) electrons. The summed E-state index contributed by atoms with van der Waals surface area (Å²) in [5, 5.41) is 0. The van der Waals surface area contributed by atoms with Crippen LogP contribution in [0.3, 0.4) is 0 Å². The van der Waals surface area contributed by atoms with Gasteiger partial charge in [-0.3, -0.25) is 14.5 Å². The number of nitrogens with zero attached hydrogens (tertiary/aromatic N) is 2. The van der Waals surface area contributed by atoms with Gasteiger partial charge in [0.05, 0.1) is 17.2 Å². The van der Waals surface area contributed by atoms with E-state index in [0.717, 1.165) is 38.6 Å². The van der Waals surface area contributed by atoms with Crippen LogP contribution in [0.15, 0.2) is 78.9 Å². The summed E-state index contributed by atoms with van der Waals surface area (Å²) >= 11 is 0. The lowest BCUT2D eigenvalue weighted by atomic mass is 10.0. The van der Waals surface area contributed by atoms with E-state index in [9.17, 15) is 9.59 Å². The number of fused-ring (bicyclic) bond motifs is 2. The van der Waals surface area contributed by atoms with Gasteiger partial charge in [-0.25, -0.2) is 0 Å². The van der Waals surface area contributed by atoms with E-state index in [2.05, 4.69) is 59.5 Å². The Morgan fingerprint density at radius 3 is 1.97 bits per heavy atom. The van der Waals surface area contributed by atoms with Gasteiger partial charge < -0.3 is 4.90 Å². The molecule has 0 aliphatic carbocycles. The zero-order chi connectivity index (χ0) is 21.9. The molecule has 2 aliphatic rings. The fourth-order valence-electron chi connectivity index (χ4n) is 5.05. The highest BCUT2D eigenvalue weighted by Crippen LogP contribution is 2.40. The van der Waals surface area contributed by atoms with Gasteiger partial charge in [0.1, 0.15) is 0 Å². The quantitative estimate of drug-likeness (QED) is 0.347. The molecule has 0 bridgehead atoms. The highest BCUT2D eigenvalue weighted by Gasteiger charge is 2.34. The van der Waals surface area contributed by atoms with Gasteiger partial charge >= 0.3 is 0 Å². The Kier molecular flexibility index (Phi) is 5.76. The zero-order valence-corrected chi connectivity index (χ0v) is 18.2. The molecule has 0 fully saturated rings. The fourth-order valence-corrected chi connectivity index (χ4v) is 5.05. The molecule has 0 aromatic heterocycles. The van der Waals surface area contributed by atoms with Gasteiger partial charge in [-0.15, -0.1) is 0 Å². The second-order valence-corrected chi connectivity index (χ2v) is 8.67. The third-order valence-corrected chi connectivity index (χ3v) is 6.68. The van der Waals surface area contributed by atoms with Gasteiger partial charge in [0.25, 0.3) is 11.8 Å². The van der Waals surface area contributed by atoms with Crippen molar-refractivity contribution in [3.63, 3.8) is 0 Å². The van der Waals surface area contributed by atoms with E-state index in [-0.39, 0.29) is 11.8 Å². The van der Waals surface area contributed by atoms with Crippen LogP contribution in [-0.2, 0) is 6.42 Å². The molecule has 3 aromatic rings. The summed E-state index contributed by atoms with van der Waals surface area (Å²) in [6, 6.07) is 27.0. The number of carbonyl (C=O) groups excluding carboxylic acids is 2. The van der Waals surface area contributed by atoms with Crippen molar-refractivity contribution < 1.29 is 9.59 Å². The molecule has 0 saturated heterocycles. The maximum atomic E-state index is 12.5. The average molecular weight is 425 g/mol. The predicted octanol–water partition coefficient (Wildman–Crippen LogP) is 5.65. The zero-order valence-electron chi connectivity index (χ0n) is 18.2. The number of benzene rings is 3. The molecule has 4 nitrogen and oxygen atoms in total. The van der Waals surface area contributed by atoms with Crippen LogP contribution in [0.25, 0.3) is 0 Å². The molecule has 32 heavy (non-hydrogen) atoms. The monoisotopic (exact) mass is 424 g/mol. The molecule has 2 heterocycles. The summed E-state index contributed by atoms with van der Waals surface area (Å²) in [5.41, 5.74) is 5.22. The maximum absolute atomic E-state index is 12.5. The van der Waals surface area contributed by atoms with E-state index in [0.29, 0.717) is 23.7 Å². The summed E-state index contributed by atoms with van der Waals surface area (Å²) in [6.07, 6.45) is 5.10. The first-order valence-electron chi connectivity index (χ1n) is 11.6. The van der Waals surface area contributed by atoms with Crippen LogP contribution in [0.5, 0.6) is 0 Å². The number of amides is 2. The van der Waals surface area contributed by atoms with Crippen molar-refractivity contribution in [2.75, 3.05) is 18.0 Å². The van der Waals surface area contributed by atoms with Crippen LogP contribution in [0.2, 0.25) is 0 Å². The minimum absolute atomic E-state index is 0.148. The second-order valence-electron chi connectivity index (χ2n) is 8.67. The summed E-state index contributed by atoms with van der Waals surface area (Å²) in [7, 11) is 0. The molecule has 0 spiro atoms. The van der Waals surface area contributed by atoms with Crippen molar-refractivity contribution in [1.82, 2.24) is 4.90 Å². The maximum Gasteiger partial charge on any atom is 0.261 e. The Labute approximate surface area is 189 Å². The summed E-state index contributed by atoms with van der Waals surface area (Å²) in [4.78, 5) is 28.9. The Balaban J connectivity index is 1.14. The molecule has 0 N–H and O–H groups in total. The van der Waals surface area contributed by atoms with Crippen molar-refractivity contribution in [2.24, 2.45) is 0 Å². The Morgan fingerprint density at radius 1 is 0.656 bits per heavy atom. The molecule has 1 unspecified atom stereocenters. The smallest absolute Gasteiger partial charge is 0.261 e. The molecule has 0 saturated carbocycles. The third kappa shape index (κ3) is 3.81. The van der Waals surface area contributed by atoms with Crippen LogP contribution in [0, 0.1) is 0 Å². The van der Waals surface area contributed by atoms with E-state index in [1.807, 2.05) is 12.1 Å².